The molecule has 3 aromatic rings. The second kappa shape index (κ2) is 9.36. The van der Waals surface area contributed by atoms with Crippen LogP contribution in [0.4, 0.5) is 0 Å². The summed E-state index contributed by atoms with van der Waals surface area (Å²) in [6.45, 7) is 0.0467. The number of nitriles is 1. The average Bonchev–Trinajstić information content (AvgIpc) is 3.16. The summed E-state index contributed by atoms with van der Waals surface area (Å²) in [5.74, 6) is -0.838. The minimum absolute atomic E-state index is 0.0802. The van der Waals surface area contributed by atoms with Crippen LogP contribution in [0.25, 0.3) is 10.1 Å². The van der Waals surface area contributed by atoms with Gasteiger partial charge in [-0.2, -0.15) is 5.26 Å². The van der Waals surface area contributed by atoms with Gasteiger partial charge in [-0.1, -0.05) is 30.3 Å². The van der Waals surface area contributed by atoms with Crippen molar-refractivity contribution in [3.05, 3.63) is 70.6 Å². The number of amides is 2. The first-order valence-electron chi connectivity index (χ1n) is 8.68. The third kappa shape index (κ3) is 4.50. The van der Waals surface area contributed by atoms with E-state index >= 15 is 0 Å². The lowest BCUT2D eigenvalue weighted by atomic mass is 9.97. The molecule has 0 spiro atoms. The Morgan fingerprint density at radius 3 is 2.75 bits per heavy atom. The Balaban J connectivity index is 1.82. The molecule has 0 radical (unpaired) electrons. The Hall–Kier alpha value is -2.88. The van der Waals surface area contributed by atoms with Gasteiger partial charge in [-0.05, 0) is 40.1 Å². The van der Waals surface area contributed by atoms with Gasteiger partial charge in [-0.25, -0.2) is 0 Å². The zero-order valence-electron chi connectivity index (χ0n) is 14.9. The lowest BCUT2D eigenvalue weighted by Gasteiger charge is -2.17. The predicted molar refractivity (Wildman–Crippen MR) is 112 cm³/mol. The molecule has 7 heteroatoms. The Bertz CT molecular complexity index is 1040. The number of carbonyl (C=O) groups is 2. The highest BCUT2D eigenvalue weighted by atomic mass is 35.5. The van der Waals surface area contributed by atoms with Gasteiger partial charge in [0.25, 0.3) is 5.91 Å². The second-order valence-electron chi connectivity index (χ2n) is 6.16. The van der Waals surface area contributed by atoms with Crippen LogP contribution in [0.3, 0.4) is 0 Å². The van der Waals surface area contributed by atoms with E-state index in [1.165, 1.54) is 0 Å². The summed E-state index contributed by atoms with van der Waals surface area (Å²) in [5.41, 5.74) is 2.18. The molecule has 2 amide bonds. The van der Waals surface area contributed by atoms with Crippen LogP contribution >= 0.6 is 22.9 Å². The van der Waals surface area contributed by atoms with Crippen molar-refractivity contribution < 1.29 is 9.59 Å². The SMILES string of the molecule is N#CCNC(=O)C(CNC(=O)c1cccc(CCl)c1)c1csc2ccccc12. The van der Waals surface area contributed by atoms with Crippen LogP contribution in [0.2, 0.25) is 0 Å². The quantitative estimate of drug-likeness (QED) is 0.458. The third-order valence-electron chi connectivity index (χ3n) is 4.35. The zero-order valence-corrected chi connectivity index (χ0v) is 16.5. The van der Waals surface area contributed by atoms with E-state index in [9.17, 15) is 9.59 Å². The molecule has 0 saturated carbocycles. The number of carbonyl (C=O) groups excluding carboxylic acids is 2. The summed E-state index contributed by atoms with van der Waals surface area (Å²) in [7, 11) is 0. The van der Waals surface area contributed by atoms with Crippen molar-refractivity contribution in [3.8, 4) is 6.07 Å². The molecule has 28 heavy (non-hydrogen) atoms. The van der Waals surface area contributed by atoms with Gasteiger partial charge in [0.15, 0.2) is 0 Å². The monoisotopic (exact) mass is 411 g/mol. The molecule has 142 valence electrons. The van der Waals surface area contributed by atoms with Crippen molar-refractivity contribution in [2.24, 2.45) is 0 Å². The molecular formula is C21H18ClN3O2S. The van der Waals surface area contributed by atoms with Crippen LogP contribution in [0.1, 0.15) is 27.4 Å². The van der Waals surface area contributed by atoms with Gasteiger partial charge in [0.05, 0.1) is 12.0 Å². The first kappa shape index (κ1) is 19.9. The Labute approximate surface area is 171 Å². The predicted octanol–water partition coefficient (Wildman–Crippen LogP) is 3.79. The minimum atomic E-state index is -0.593. The molecule has 0 saturated heterocycles. The van der Waals surface area contributed by atoms with Gasteiger partial charge < -0.3 is 10.6 Å². The van der Waals surface area contributed by atoms with E-state index in [1.54, 1.807) is 29.5 Å². The van der Waals surface area contributed by atoms with Crippen LogP contribution in [-0.4, -0.2) is 24.9 Å². The van der Waals surface area contributed by atoms with E-state index in [4.69, 9.17) is 16.9 Å². The molecule has 2 N–H and O–H groups in total. The molecule has 3 rings (SSSR count). The summed E-state index contributed by atoms with van der Waals surface area (Å²) in [4.78, 5) is 25.2. The summed E-state index contributed by atoms with van der Waals surface area (Å²) in [6.07, 6.45) is 0. The molecule has 0 bridgehead atoms. The number of hydrogen-bond donors (Lipinski definition) is 2. The van der Waals surface area contributed by atoms with Crippen LogP contribution in [0, 0.1) is 11.3 Å². The lowest BCUT2D eigenvalue weighted by molar-refractivity contribution is -0.122. The maximum absolute atomic E-state index is 12.7. The molecule has 1 heterocycles. The molecule has 1 unspecified atom stereocenters. The maximum atomic E-state index is 12.7. The number of nitrogens with zero attached hydrogens (tertiary/aromatic N) is 1. The summed E-state index contributed by atoms with van der Waals surface area (Å²) >= 11 is 7.38. The van der Waals surface area contributed by atoms with Gasteiger partial charge in [0, 0.05) is 22.7 Å². The van der Waals surface area contributed by atoms with Crippen molar-refractivity contribution in [2.75, 3.05) is 13.1 Å². The van der Waals surface area contributed by atoms with E-state index in [1.807, 2.05) is 41.8 Å². The van der Waals surface area contributed by atoms with Crippen LogP contribution in [0.15, 0.2) is 53.9 Å². The van der Waals surface area contributed by atoms with Crippen molar-refractivity contribution in [1.29, 1.82) is 5.26 Å². The van der Waals surface area contributed by atoms with E-state index in [0.29, 0.717) is 11.4 Å². The Morgan fingerprint density at radius 1 is 1.14 bits per heavy atom. The third-order valence-corrected chi connectivity index (χ3v) is 5.65. The molecule has 0 fully saturated rings. The first-order valence-corrected chi connectivity index (χ1v) is 10.1. The largest absolute Gasteiger partial charge is 0.351 e. The molecule has 2 aromatic carbocycles. The van der Waals surface area contributed by atoms with Crippen molar-refractivity contribution in [3.63, 3.8) is 0 Å². The maximum Gasteiger partial charge on any atom is 0.251 e. The van der Waals surface area contributed by atoms with Gasteiger partial charge in [0.2, 0.25) is 5.91 Å². The summed E-state index contributed by atoms with van der Waals surface area (Å²) in [5, 5.41) is 17.1. The lowest BCUT2D eigenvalue weighted by Crippen LogP contribution is -2.37. The number of fused-ring (bicyclic) bond motifs is 1. The molecule has 1 atom stereocenters. The normalized spacial score (nSPS) is 11.6. The molecular weight excluding hydrogens is 394 g/mol. The Kier molecular flexibility index (Phi) is 6.64. The summed E-state index contributed by atoms with van der Waals surface area (Å²) in [6, 6.07) is 16.8. The number of thiophene rings is 1. The van der Waals surface area contributed by atoms with Gasteiger partial charge in [0.1, 0.15) is 6.54 Å². The van der Waals surface area contributed by atoms with Gasteiger partial charge >= 0.3 is 0 Å². The van der Waals surface area contributed by atoms with Crippen molar-refractivity contribution >= 4 is 44.8 Å². The fourth-order valence-corrected chi connectivity index (χ4v) is 4.14. The Morgan fingerprint density at radius 2 is 1.96 bits per heavy atom. The highest BCUT2D eigenvalue weighted by molar-refractivity contribution is 7.17. The number of alkyl halides is 1. The second-order valence-corrected chi connectivity index (χ2v) is 7.34. The van der Waals surface area contributed by atoms with E-state index < -0.39 is 5.92 Å². The fourth-order valence-electron chi connectivity index (χ4n) is 2.95. The van der Waals surface area contributed by atoms with Crippen LogP contribution < -0.4 is 10.6 Å². The molecule has 0 aliphatic heterocycles. The number of rotatable bonds is 7. The van der Waals surface area contributed by atoms with Crippen LogP contribution in [0.5, 0.6) is 0 Å². The number of benzene rings is 2. The number of nitrogens with one attached hydrogen (secondary N) is 2. The molecule has 1 aromatic heterocycles. The number of hydrogen-bond acceptors (Lipinski definition) is 4. The molecule has 5 nitrogen and oxygen atoms in total. The van der Waals surface area contributed by atoms with Gasteiger partial charge in [-0.3, -0.25) is 9.59 Å². The molecule has 0 aliphatic carbocycles. The standard InChI is InChI=1S/C21H18ClN3O2S/c22-11-14-4-3-5-15(10-14)20(26)25-12-17(21(27)24-9-8-23)18-13-28-19-7-2-1-6-16(18)19/h1-7,10,13,17H,9,11-12H2,(H,24,27)(H,25,26). The topological polar surface area (TPSA) is 82.0 Å². The van der Waals surface area contributed by atoms with Gasteiger partial charge in [-0.15, -0.1) is 22.9 Å². The highest BCUT2D eigenvalue weighted by Gasteiger charge is 2.24. The number of halogens is 1. The highest BCUT2D eigenvalue weighted by Crippen LogP contribution is 2.31. The average molecular weight is 412 g/mol. The van der Waals surface area contributed by atoms with E-state index in [2.05, 4.69) is 10.6 Å². The van der Waals surface area contributed by atoms with Crippen molar-refractivity contribution in [1.82, 2.24) is 10.6 Å². The molecule has 0 aliphatic rings. The van der Waals surface area contributed by atoms with E-state index in [-0.39, 0.29) is 24.9 Å². The van der Waals surface area contributed by atoms with Crippen molar-refractivity contribution in [2.45, 2.75) is 11.8 Å². The summed E-state index contributed by atoms with van der Waals surface area (Å²) < 4.78 is 1.07. The smallest absolute Gasteiger partial charge is 0.251 e. The zero-order chi connectivity index (χ0) is 19.9. The first-order chi connectivity index (χ1) is 13.6. The van der Waals surface area contributed by atoms with E-state index in [0.717, 1.165) is 21.2 Å². The van der Waals surface area contributed by atoms with Crippen LogP contribution in [-0.2, 0) is 10.7 Å². The fraction of sp³-hybridized carbons (Fsp3) is 0.190. The minimum Gasteiger partial charge on any atom is -0.351 e.